The van der Waals surface area contributed by atoms with Crippen LogP contribution in [0.2, 0.25) is 0 Å². The van der Waals surface area contributed by atoms with E-state index in [1.807, 2.05) is 0 Å². The Morgan fingerprint density at radius 3 is 2.22 bits per heavy atom. The van der Waals surface area contributed by atoms with Gasteiger partial charge in [0.25, 0.3) is 0 Å². The minimum absolute atomic E-state index is 0.0142. The molecule has 1 N–H and O–H groups in total. The molecule has 1 aromatic rings. The number of amides is 1. The number of unbranched alkanes of at least 4 members (excludes halogenated alkanes) is 8. The second-order valence-electron chi connectivity index (χ2n) is 7.42. The molecule has 1 aromatic carbocycles. The Bertz CT molecular complexity index is 507. The molecule has 27 heavy (non-hydrogen) atoms. The predicted octanol–water partition coefficient (Wildman–Crippen LogP) is 7.14. The summed E-state index contributed by atoms with van der Waals surface area (Å²) < 4.78 is 18.9. The van der Waals surface area contributed by atoms with E-state index in [9.17, 15) is 9.18 Å². The zero-order chi connectivity index (χ0) is 19.7. The van der Waals surface area contributed by atoms with Crippen molar-refractivity contribution in [2.45, 2.75) is 104 Å². The summed E-state index contributed by atoms with van der Waals surface area (Å²) in [7, 11) is 0. The van der Waals surface area contributed by atoms with Crippen LogP contribution in [-0.2, 0) is 11.3 Å². The molecule has 1 rings (SSSR count). The van der Waals surface area contributed by atoms with E-state index >= 15 is 0 Å². The Kier molecular flexibility index (Phi) is 13.4. The Balaban J connectivity index is 2.30. The Morgan fingerprint density at radius 2 is 1.56 bits per heavy atom. The van der Waals surface area contributed by atoms with Crippen LogP contribution in [0.4, 0.5) is 9.18 Å². The van der Waals surface area contributed by atoms with Crippen LogP contribution in [0.25, 0.3) is 0 Å². The molecule has 1 amide bonds. The SMILES string of the molecule is CCCCCCCCCC(CCCCC)OC(=O)NCc1cccc(F)c1. The van der Waals surface area contributed by atoms with E-state index in [4.69, 9.17) is 4.74 Å². The quantitative estimate of drug-likeness (QED) is 0.329. The second kappa shape index (κ2) is 15.5. The smallest absolute Gasteiger partial charge is 0.407 e. The van der Waals surface area contributed by atoms with E-state index in [0.29, 0.717) is 0 Å². The number of rotatable bonds is 15. The van der Waals surface area contributed by atoms with Gasteiger partial charge in [0.2, 0.25) is 0 Å². The van der Waals surface area contributed by atoms with Crippen molar-refractivity contribution in [3.8, 4) is 0 Å². The van der Waals surface area contributed by atoms with E-state index in [0.717, 1.165) is 37.7 Å². The fourth-order valence-electron chi connectivity index (χ4n) is 3.23. The lowest BCUT2D eigenvalue weighted by atomic mass is 10.0. The van der Waals surface area contributed by atoms with Crippen molar-refractivity contribution in [1.29, 1.82) is 0 Å². The molecule has 0 aromatic heterocycles. The number of carbonyl (C=O) groups is 1. The predicted molar refractivity (Wildman–Crippen MR) is 110 cm³/mol. The average molecular weight is 380 g/mol. The molecule has 0 saturated heterocycles. The van der Waals surface area contributed by atoms with Gasteiger partial charge in [-0.05, 0) is 43.4 Å². The van der Waals surface area contributed by atoms with E-state index in [1.165, 1.54) is 57.1 Å². The number of nitrogens with one attached hydrogen (secondary N) is 1. The Labute approximate surface area is 165 Å². The van der Waals surface area contributed by atoms with Crippen molar-refractivity contribution >= 4 is 6.09 Å². The number of hydrogen-bond donors (Lipinski definition) is 1. The molecular formula is C23H38FNO2. The van der Waals surface area contributed by atoms with Crippen molar-refractivity contribution in [2.75, 3.05) is 0 Å². The van der Waals surface area contributed by atoms with Crippen molar-refractivity contribution < 1.29 is 13.9 Å². The number of carbonyl (C=O) groups excluding carboxylic acids is 1. The van der Waals surface area contributed by atoms with E-state index in [1.54, 1.807) is 12.1 Å². The molecule has 0 spiro atoms. The molecule has 0 fully saturated rings. The third-order valence-electron chi connectivity index (χ3n) is 4.86. The summed E-state index contributed by atoms with van der Waals surface area (Å²) in [5.41, 5.74) is 0.738. The molecule has 1 unspecified atom stereocenters. The summed E-state index contributed by atoms with van der Waals surface area (Å²) in [4.78, 5) is 12.1. The van der Waals surface area contributed by atoms with E-state index in [-0.39, 0.29) is 18.5 Å². The van der Waals surface area contributed by atoms with Gasteiger partial charge in [0, 0.05) is 6.54 Å². The summed E-state index contributed by atoms with van der Waals surface area (Å²) in [6.45, 7) is 4.70. The van der Waals surface area contributed by atoms with Crippen LogP contribution >= 0.6 is 0 Å². The van der Waals surface area contributed by atoms with Crippen molar-refractivity contribution in [3.05, 3.63) is 35.6 Å². The lowest BCUT2D eigenvalue weighted by Crippen LogP contribution is -2.28. The zero-order valence-corrected chi connectivity index (χ0v) is 17.3. The first kappa shape index (κ1) is 23.5. The first-order valence-corrected chi connectivity index (χ1v) is 10.8. The molecule has 154 valence electrons. The van der Waals surface area contributed by atoms with Crippen molar-refractivity contribution in [3.63, 3.8) is 0 Å². The highest BCUT2D eigenvalue weighted by atomic mass is 19.1. The molecule has 1 atom stereocenters. The van der Waals surface area contributed by atoms with Gasteiger partial charge in [-0.2, -0.15) is 0 Å². The van der Waals surface area contributed by atoms with Gasteiger partial charge in [-0.1, -0.05) is 77.3 Å². The van der Waals surface area contributed by atoms with Gasteiger partial charge in [0.1, 0.15) is 11.9 Å². The molecule has 0 saturated carbocycles. The highest BCUT2D eigenvalue weighted by Crippen LogP contribution is 2.16. The summed E-state index contributed by atoms with van der Waals surface area (Å²) in [6, 6.07) is 6.26. The largest absolute Gasteiger partial charge is 0.446 e. The Morgan fingerprint density at radius 1 is 0.963 bits per heavy atom. The highest BCUT2D eigenvalue weighted by Gasteiger charge is 2.14. The normalized spacial score (nSPS) is 12.0. The van der Waals surface area contributed by atoms with Crippen LogP contribution in [0, 0.1) is 5.82 Å². The molecule has 0 aliphatic carbocycles. The summed E-state index contributed by atoms with van der Waals surface area (Å²) in [6.07, 6.45) is 13.7. The van der Waals surface area contributed by atoms with Crippen molar-refractivity contribution in [2.24, 2.45) is 0 Å². The van der Waals surface area contributed by atoms with Crippen molar-refractivity contribution in [1.82, 2.24) is 5.32 Å². The number of hydrogen-bond acceptors (Lipinski definition) is 2. The Hall–Kier alpha value is -1.58. The van der Waals surface area contributed by atoms with Gasteiger partial charge in [0.05, 0.1) is 0 Å². The zero-order valence-electron chi connectivity index (χ0n) is 17.3. The molecule has 3 nitrogen and oxygen atoms in total. The lowest BCUT2D eigenvalue weighted by Gasteiger charge is -2.18. The molecule has 0 aliphatic heterocycles. The number of alkyl carbamates (subject to hydrolysis) is 1. The highest BCUT2D eigenvalue weighted by molar-refractivity contribution is 5.67. The molecule has 0 aliphatic rings. The van der Waals surface area contributed by atoms with Gasteiger partial charge in [-0.25, -0.2) is 9.18 Å². The number of benzene rings is 1. The van der Waals surface area contributed by atoms with Gasteiger partial charge in [-0.3, -0.25) is 0 Å². The fraction of sp³-hybridized carbons (Fsp3) is 0.696. The third-order valence-corrected chi connectivity index (χ3v) is 4.86. The summed E-state index contributed by atoms with van der Waals surface area (Å²) in [5.74, 6) is -0.293. The van der Waals surface area contributed by atoms with E-state index < -0.39 is 6.09 Å². The van der Waals surface area contributed by atoms with Gasteiger partial charge >= 0.3 is 6.09 Å². The summed E-state index contributed by atoms with van der Waals surface area (Å²) in [5, 5.41) is 2.74. The maximum Gasteiger partial charge on any atom is 0.407 e. The molecule has 0 bridgehead atoms. The van der Waals surface area contributed by atoms with Crippen LogP contribution < -0.4 is 5.32 Å². The molecule has 4 heteroatoms. The minimum Gasteiger partial charge on any atom is -0.446 e. The number of ether oxygens (including phenoxy) is 1. The molecular weight excluding hydrogens is 341 g/mol. The average Bonchev–Trinajstić information content (AvgIpc) is 2.65. The first-order valence-electron chi connectivity index (χ1n) is 10.8. The second-order valence-corrected chi connectivity index (χ2v) is 7.42. The molecule has 0 heterocycles. The fourth-order valence-corrected chi connectivity index (χ4v) is 3.23. The van der Waals surface area contributed by atoms with Gasteiger partial charge in [0.15, 0.2) is 0 Å². The standard InChI is InChI=1S/C23H38FNO2/c1-3-5-7-8-9-10-12-17-22(16-11-6-4-2)27-23(26)25-19-20-14-13-15-21(24)18-20/h13-15,18,22H,3-12,16-17,19H2,1-2H3,(H,25,26). The molecule has 0 radical (unpaired) electrons. The first-order chi connectivity index (χ1) is 13.2. The van der Waals surface area contributed by atoms with Crippen LogP contribution in [0.1, 0.15) is 96.5 Å². The van der Waals surface area contributed by atoms with Crippen LogP contribution in [0.5, 0.6) is 0 Å². The monoisotopic (exact) mass is 379 g/mol. The maximum absolute atomic E-state index is 13.2. The third kappa shape index (κ3) is 12.4. The lowest BCUT2D eigenvalue weighted by molar-refractivity contribution is 0.0838. The summed E-state index contributed by atoms with van der Waals surface area (Å²) >= 11 is 0. The van der Waals surface area contributed by atoms with E-state index in [2.05, 4.69) is 19.2 Å². The number of halogens is 1. The van der Waals surface area contributed by atoms with Gasteiger partial charge in [-0.15, -0.1) is 0 Å². The van der Waals surface area contributed by atoms with Crippen LogP contribution in [0.3, 0.4) is 0 Å². The minimum atomic E-state index is -0.399. The van der Waals surface area contributed by atoms with Crippen LogP contribution in [-0.4, -0.2) is 12.2 Å². The van der Waals surface area contributed by atoms with Gasteiger partial charge < -0.3 is 10.1 Å². The topological polar surface area (TPSA) is 38.3 Å². The maximum atomic E-state index is 13.2. The van der Waals surface area contributed by atoms with Crippen LogP contribution in [0.15, 0.2) is 24.3 Å².